The molecule has 0 bridgehead atoms. The molecule has 1 fully saturated rings. The zero-order valence-corrected chi connectivity index (χ0v) is 25.2. The van der Waals surface area contributed by atoms with Gasteiger partial charge in [0.1, 0.15) is 18.4 Å². The van der Waals surface area contributed by atoms with Gasteiger partial charge in [-0.1, -0.05) is 49.0 Å². The van der Waals surface area contributed by atoms with Crippen molar-refractivity contribution in [3.8, 4) is 0 Å². The van der Waals surface area contributed by atoms with Gasteiger partial charge in [-0.2, -0.15) is 0 Å². The van der Waals surface area contributed by atoms with Gasteiger partial charge in [0, 0.05) is 18.2 Å². The minimum absolute atomic E-state index is 0.0865. The molecule has 42 heavy (non-hydrogen) atoms. The summed E-state index contributed by atoms with van der Waals surface area (Å²) in [6, 6.07) is 9.15. The smallest absolute Gasteiger partial charge is 0.395 e. The first-order chi connectivity index (χ1) is 20.0. The molecule has 0 saturated carbocycles. The van der Waals surface area contributed by atoms with E-state index in [1.54, 1.807) is 20.8 Å². The lowest BCUT2D eigenvalue weighted by Crippen LogP contribution is -2.53. The molecule has 1 aromatic carbocycles. The minimum Gasteiger partial charge on any atom is -0.395 e. The second-order valence-electron chi connectivity index (χ2n) is 10.6. The van der Waals surface area contributed by atoms with Crippen LogP contribution in [0.2, 0.25) is 0 Å². The summed E-state index contributed by atoms with van der Waals surface area (Å²) < 4.78 is 32.7. The Kier molecular flexibility index (Phi) is 10.7. The molecule has 230 valence electrons. The van der Waals surface area contributed by atoms with E-state index in [0.717, 1.165) is 17.3 Å². The lowest BCUT2D eigenvalue weighted by Gasteiger charge is -2.42. The van der Waals surface area contributed by atoms with Crippen LogP contribution in [-0.2, 0) is 29.7 Å². The van der Waals surface area contributed by atoms with Gasteiger partial charge in [-0.3, -0.25) is 23.2 Å². The molecule has 1 aliphatic heterocycles. The predicted molar refractivity (Wildman–Crippen MR) is 154 cm³/mol. The van der Waals surface area contributed by atoms with Crippen LogP contribution in [0.1, 0.15) is 32.6 Å². The molecule has 5 N–H and O–H groups in total. The molecule has 3 aromatic rings. The number of imidazole rings is 1. The average molecular weight is 626 g/mol. The van der Waals surface area contributed by atoms with Crippen LogP contribution < -0.4 is 10.6 Å². The zero-order valence-electron chi connectivity index (χ0n) is 23.5. The van der Waals surface area contributed by atoms with E-state index in [9.17, 15) is 29.5 Å². The fraction of sp³-hybridized carbons (Fsp3) is 0.538. The van der Waals surface area contributed by atoms with Gasteiger partial charge in [0.15, 0.2) is 16.3 Å². The molecule has 0 amide bonds. The Morgan fingerprint density at radius 3 is 2.67 bits per heavy atom. The molecule has 16 heteroatoms. The minimum atomic E-state index is -4.02. The molecule has 1 aliphatic rings. The van der Waals surface area contributed by atoms with Crippen molar-refractivity contribution in [2.45, 2.75) is 51.9 Å². The van der Waals surface area contributed by atoms with E-state index in [1.165, 1.54) is 17.2 Å². The van der Waals surface area contributed by atoms with Crippen molar-refractivity contribution in [1.82, 2.24) is 24.6 Å². The van der Waals surface area contributed by atoms with Crippen LogP contribution in [0.4, 0.5) is 0 Å². The molecule has 2 unspecified atom stereocenters. The number of benzene rings is 1. The first-order valence-corrected chi connectivity index (χ1v) is 15.9. The van der Waals surface area contributed by atoms with Crippen LogP contribution >= 0.6 is 19.5 Å². The fourth-order valence-electron chi connectivity index (χ4n) is 4.22. The van der Waals surface area contributed by atoms with Crippen molar-refractivity contribution in [2.75, 3.05) is 25.6 Å². The van der Waals surface area contributed by atoms with E-state index in [0.29, 0.717) is 0 Å². The molecule has 0 spiro atoms. The van der Waals surface area contributed by atoms with Gasteiger partial charge in [0.25, 0.3) is 5.56 Å². The number of aliphatic hydroxyl groups is 3. The number of rotatable bonds is 13. The molecule has 6 atom stereocenters. The third kappa shape index (κ3) is 7.54. The highest BCUT2D eigenvalue weighted by Crippen LogP contribution is 2.45. The number of thioether (sulfide) groups is 1. The quantitative estimate of drug-likeness (QED) is 0.136. The Morgan fingerprint density at radius 1 is 1.21 bits per heavy atom. The van der Waals surface area contributed by atoms with E-state index in [1.807, 2.05) is 30.3 Å². The van der Waals surface area contributed by atoms with Gasteiger partial charge in [0.05, 0.1) is 44.0 Å². The number of aromatic amines is 1. The molecule has 4 rings (SSSR count). The zero-order chi connectivity index (χ0) is 30.5. The van der Waals surface area contributed by atoms with E-state index in [4.69, 9.17) is 13.8 Å². The van der Waals surface area contributed by atoms with Crippen LogP contribution in [0.3, 0.4) is 0 Å². The highest BCUT2D eigenvalue weighted by molar-refractivity contribution is 8.13. The van der Waals surface area contributed by atoms with Gasteiger partial charge in [-0.05, 0) is 19.4 Å². The van der Waals surface area contributed by atoms with Gasteiger partial charge in [-0.25, -0.2) is 19.6 Å². The van der Waals surface area contributed by atoms with Gasteiger partial charge < -0.3 is 25.0 Å². The van der Waals surface area contributed by atoms with Crippen molar-refractivity contribution in [3.63, 3.8) is 0 Å². The Labute approximate surface area is 246 Å². The lowest BCUT2D eigenvalue weighted by molar-refractivity contribution is -0.225. The Balaban J connectivity index is 1.46. The topological polar surface area (TPSA) is 198 Å². The van der Waals surface area contributed by atoms with Crippen LogP contribution in [0.5, 0.6) is 0 Å². The summed E-state index contributed by atoms with van der Waals surface area (Å²) in [4.78, 5) is 35.2. The molecule has 0 aliphatic carbocycles. The van der Waals surface area contributed by atoms with E-state index < -0.39 is 55.8 Å². The number of hydrogen-bond acceptors (Lipinski definition) is 12. The average Bonchev–Trinajstić information content (AvgIpc) is 3.42. The van der Waals surface area contributed by atoms with E-state index in [2.05, 4.69) is 20.0 Å². The fourth-order valence-corrected chi connectivity index (χ4v) is 6.46. The third-order valence-corrected chi connectivity index (χ3v) is 9.67. The largest absolute Gasteiger partial charge is 0.405 e. The summed E-state index contributed by atoms with van der Waals surface area (Å²) >= 11 is 0.946. The molecular weight excluding hydrogens is 589 g/mol. The number of carbonyl (C=O) groups is 1. The van der Waals surface area contributed by atoms with Gasteiger partial charge in [0.2, 0.25) is 0 Å². The van der Waals surface area contributed by atoms with Crippen molar-refractivity contribution in [3.05, 3.63) is 58.9 Å². The maximum absolute atomic E-state index is 13.7. The second kappa shape index (κ2) is 13.9. The Morgan fingerprint density at radius 2 is 1.95 bits per heavy atom. The molecule has 0 radical (unpaired) electrons. The number of H-pyrrole nitrogens is 1. The molecule has 14 nitrogen and oxygen atoms in total. The van der Waals surface area contributed by atoms with Crippen molar-refractivity contribution in [2.24, 2.45) is 11.3 Å². The normalized spacial score (nSPS) is 24.5. The maximum Gasteiger partial charge on any atom is 0.405 e. The number of aromatic nitrogens is 4. The highest BCUT2D eigenvalue weighted by Gasteiger charge is 2.44. The number of hydrogen-bond donors (Lipinski definition) is 5. The summed E-state index contributed by atoms with van der Waals surface area (Å²) in [7, 11) is -4.02. The van der Waals surface area contributed by atoms with Crippen molar-refractivity contribution < 1.29 is 38.5 Å². The molecule has 2 aromatic heterocycles. The van der Waals surface area contributed by atoms with Crippen molar-refractivity contribution >= 4 is 35.8 Å². The molecule has 3 heterocycles. The first-order valence-electron chi connectivity index (χ1n) is 13.3. The molecular formula is C26H36N5O9PS. The van der Waals surface area contributed by atoms with Crippen LogP contribution in [0, 0.1) is 11.3 Å². The SMILES string of the molecule is CC1[C@@H](O)[C@@H](O)[C@@H](COP(=O)(NCc2ccccc2)OCCSC(=O)C(C)(C)CO)O[C@H]1n1cnc2c(=O)[nH]cnc21. The number of nitrogens with zero attached hydrogens (tertiary/aromatic N) is 3. The van der Waals surface area contributed by atoms with E-state index >= 15 is 0 Å². The molecule has 1 saturated heterocycles. The van der Waals surface area contributed by atoms with Crippen LogP contribution in [0.15, 0.2) is 47.8 Å². The number of nitrogens with one attached hydrogen (secondary N) is 2. The number of fused-ring (bicyclic) bond motifs is 1. The number of ether oxygens (including phenoxy) is 1. The number of aliphatic hydroxyl groups excluding tert-OH is 3. The summed E-state index contributed by atoms with van der Waals surface area (Å²) in [5.41, 5.74) is -0.238. The Bertz CT molecular complexity index is 1450. The maximum atomic E-state index is 13.7. The van der Waals surface area contributed by atoms with E-state index in [-0.39, 0.29) is 41.8 Å². The standard InChI is InChI=1S/C26H36N5O9PS/c1-16-20(33)21(34)18(40-24(16)31-15-29-19-22(31)27-14-28-23(19)35)12-39-41(37,30-11-17-7-5-4-6-8-17)38-9-10-42-25(36)26(2,3)13-32/h4-8,14-16,18,20-21,24,32-34H,9-13H2,1-3H3,(H,30,37)(H,27,28,35)/t16?,18-,20-,21+,24-,41?/m1/s1. The summed E-state index contributed by atoms with van der Waals surface area (Å²) in [5.74, 6) is -0.477. The monoisotopic (exact) mass is 625 g/mol. The lowest BCUT2D eigenvalue weighted by atomic mass is 9.91. The van der Waals surface area contributed by atoms with Gasteiger partial charge in [-0.15, -0.1) is 0 Å². The highest BCUT2D eigenvalue weighted by atomic mass is 32.2. The third-order valence-electron chi connectivity index (χ3n) is 6.93. The van der Waals surface area contributed by atoms with Crippen LogP contribution in [0.25, 0.3) is 11.2 Å². The summed E-state index contributed by atoms with van der Waals surface area (Å²) in [6.07, 6.45) is -2.08. The predicted octanol–water partition coefficient (Wildman–Crippen LogP) is 1.58. The van der Waals surface area contributed by atoms with Crippen LogP contribution in [-0.4, -0.2) is 83.8 Å². The summed E-state index contributed by atoms with van der Waals surface area (Å²) in [6.45, 7) is 4.20. The second-order valence-corrected chi connectivity index (χ2v) is 13.5. The summed E-state index contributed by atoms with van der Waals surface area (Å²) in [5, 5.41) is 33.6. The van der Waals surface area contributed by atoms with Crippen molar-refractivity contribution in [1.29, 1.82) is 0 Å². The van der Waals surface area contributed by atoms with Gasteiger partial charge >= 0.3 is 7.75 Å². The number of carbonyl (C=O) groups excluding carboxylic acids is 1. The Hall–Kier alpha value is -2.46. The first kappa shape index (κ1) is 32.5.